The van der Waals surface area contributed by atoms with Gasteiger partial charge in [-0.05, 0) is 43.8 Å². The minimum atomic E-state index is 0.575. The summed E-state index contributed by atoms with van der Waals surface area (Å²) < 4.78 is 5.36. The highest BCUT2D eigenvalue weighted by Gasteiger charge is 2.33. The summed E-state index contributed by atoms with van der Waals surface area (Å²) >= 11 is 0. The van der Waals surface area contributed by atoms with Gasteiger partial charge in [-0.15, -0.1) is 0 Å². The van der Waals surface area contributed by atoms with Crippen LogP contribution in [0.2, 0.25) is 0 Å². The molecule has 2 aliphatic heterocycles. The van der Waals surface area contributed by atoms with E-state index in [1.54, 1.807) is 0 Å². The van der Waals surface area contributed by atoms with Crippen LogP contribution in [0.5, 0.6) is 0 Å². The lowest BCUT2D eigenvalue weighted by atomic mass is 9.89. The van der Waals surface area contributed by atoms with Gasteiger partial charge in [-0.3, -0.25) is 4.90 Å². The molecule has 2 aliphatic rings. The van der Waals surface area contributed by atoms with Crippen molar-refractivity contribution in [3.8, 4) is 0 Å². The maximum Gasteiger partial charge on any atom is 0.240 e. The number of fused-ring (bicyclic) bond motifs is 1. The minimum absolute atomic E-state index is 0.575. The van der Waals surface area contributed by atoms with Crippen LogP contribution in [0.15, 0.2) is 4.52 Å². The van der Waals surface area contributed by atoms with E-state index < -0.39 is 0 Å². The Morgan fingerprint density at radius 3 is 3.05 bits per heavy atom. The van der Waals surface area contributed by atoms with Crippen molar-refractivity contribution in [3.05, 3.63) is 11.7 Å². The average molecular weight is 264 g/mol. The van der Waals surface area contributed by atoms with E-state index in [1.165, 1.54) is 26.1 Å². The first-order valence-electron chi connectivity index (χ1n) is 7.45. The minimum Gasteiger partial charge on any atom is -0.338 e. The van der Waals surface area contributed by atoms with Crippen LogP contribution in [0.4, 0.5) is 0 Å². The lowest BCUT2D eigenvalue weighted by molar-refractivity contribution is 0.128. The molecule has 3 rings (SSSR count). The number of nitrogens with one attached hydrogen (secondary N) is 1. The van der Waals surface area contributed by atoms with Crippen LogP contribution >= 0.6 is 0 Å². The molecule has 0 aromatic carbocycles. The van der Waals surface area contributed by atoms with Crippen LogP contribution in [0, 0.1) is 17.8 Å². The third-order valence-electron chi connectivity index (χ3n) is 4.25. The fourth-order valence-electron chi connectivity index (χ4n) is 3.25. The van der Waals surface area contributed by atoms with Gasteiger partial charge in [-0.1, -0.05) is 19.0 Å². The Morgan fingerprint density at radius 2 is 2.21 bits per heavy atom. The van der Waals surface area contributed by atoms with Crippen LogP contribution in [0.3, 0.4) is 0 Å². The second-order valence-electron chi connectivity index (χ2n) is 6.40. The van der Waals surface area contributed by atoms with Crippen molar-refractivity contribution in [2.45, 2.75) is 33.2 Å². The van der Waals surface area contributed by atoms with E-state index in [9.17, 15) is 0 Å². The fourth-order valence-corrected chi connectivity index (χ4v) is 3.25. The van der Waals surface area contributed by atoms with Crippen LogP contribution < -0.4 is 5.32 Å². The van der Waals surface area contributed by atoms with E-state index in [0.29, 0.717) is 5.92 Å². The maximum atomic E-state index is 5.36. The SMILES string of the molecule is CC(C)Cc1noc(CN2CCC3CNCC3C2)n1. The Labute approximate surface area is 114 Å². The molecule has 0 amide bonds. The van der Waals surface area contributed by atoms with Gasteiger partial charge in [0.05, 0.1) is 6.54 Å². The number of rotatable bonds is 4. The molecule has 3 heterocycles. The maximum absolute atomic E-state index is 5.36. The van der Waals surface area contributed by atoms with Crippen LogP contribution in [-0.2, 0) is 13.0 Å². The van der Waals surface area contributed by atoms with Gasteiger partial charge in [0.1, 0.15) is 0 Å². The normalized spacial score (nSPS) is 27.9. The smallest absolute Gasteiger partial charge is 0.240 e. The van der Waals surface area contributed by atoms with E-state index in [0.717, 1.165) is 43.1 Å². The molecule has 0 radical (unpaired) electrons. The van der Waals surface area contributed by atoms with Gasteiger partial charge in [-0.25, -0.2) is 0 Å². The average Bonchev–Trinajstić information content (AvgIpc) is 2.97. The number of hydrogen-bond donors (Lipinski definition) is 1. The van der Waals surface area contributed by atoms with Gasteiger partial charge in [0.25, 0.3) is 0 Å². The first-order chi connectivity index (χ1) is 9.20. The molecule has 106 valence electrons. The van der Waals surface area contributed by atoms with Crippen molar-refractivity contribution in [3.63, 3.8) is 0 Å². The summed E-state index contributed by atoms with van der Waals surface area (Å²) in [7, 11) is 0. The zero-order chi connectivity index (χ0) is 13.2. The third kappa shape index (κ3) is 3.15. The molecule has 2 saturated heterocycles. The van der Waals surface area contributed by atoms with E-state index in [1.807, 2.05) is 0 Å². The largest absolute Gasteiger partial charge is 0.338 e. The molecule has 0 spiro atoms. The van der Waals surface area contributed by atoms with Gasteiger partial charge in [0.2, 0.25) is 5.89 Å². The van der Waals surface area contributed by atoms with E-state index in [4.69, 9.17) is 4.52 Å². The first-order valence-corrected chi connectivity index (χ1v) is 7.45. The monoisotopic (exact) mass is 264 g/mol. The number of likely N-dealkylation sites (tertiary alicyclic amines) is 1. The Balaban J connectivity index is 1.55. The second-order valence-corrected chi connectivity index (χ2v) is 6.40. The molecule has 2 fully saturated rings. The summed E-state index contributed by atoms with van der Waals surface area (Å²) in [4.78, 5) is 6.95. The molecule has 1 aromatic rings. The quantitative estimate of drug-likeness (QED) is 0.888. The molecule has 1 N–H and O–H groups in total. The molecule has 2 unspecified atom stereocenters. The lowest BCUT2D eigenvalue weighted by Crippen LogP contribution is -2.39. The number of aromatic nitrogens is 2. The molecule has 0 saturated carbocycles. The summed E-state index contributed by atoms with van der Waals surface area (Å²) in [6.07, 6.45) is 2.20. The molecular formula is C14H24N4O. The molecule has 19 heavy (non-hydrogen) atoms. The highest BCUT2D eigenvalue weighted by Crippen LogP contribution is 2.27. The predicted molar refractivity (Wildman–Crippen MR) is 72.6 cm³/mol. The molecule has 2 atom stereocenters. The third-order valence-corrected chi connectivity index (χ3v) is 4.25. The topological polar surface area (TPSA) is 54.2 Å². The Kier molecular flexibility index (Phi) is 3.84. The highest BCUT2D eigenvalue weighted by molar-refractivity contribution is 4.91. The lowest BCUT2D eigenvalue weighted by Gasteiger charge is -2.33. The van der Waals surface area contributed by atoms with Gasteiger partial charge < -0.3 is 9.84 Å². The summed E-state index contributed by atoms with van der Waals surface area (Å²) in [6, 6.07) is 0. The zero-order valence-electron chi connectivity index (χ0n) is 11.9. The van der Waals surface area contributed by atoms with Crippen molar-refractivity contribution >= 4 is 0 Å². The van der Waals surface area contributed by atoms with Crippen molar-refractivity contribution in [2.75, 3.05) is 26.2 Å². The molecule has 1 aromatic heterocycles. The Bertz CT molecular complexity index is 417. The van der Waals surface area contributed by atoms with Crippen molar-refractivity contribution in [1.29, 1.82) is 0 Å². The summed E-state index contributed by atoms with van der Waals surface area (Å²) in [5, 5.41) is 7.56. The second kappa shape index (κ2) is 5.59. The summed E-state index contributed by atoms with van der Waals surface area (Å²) in [5.74, 6) is 3.90. The van der Waals surface area contributed by atoms with Gasteiger partial charge in [0.15, 0.2) is 5.82 Å². The fraction of sp³-hybridized carbons (Fsp3) is 0.857. The molecule has 0 aliphatic carbocycles. The predicted octanol–water partition coefficient (Wildman–Crippen LogP) is 1.31. The standard InChI is InChI=1S/C14H24N4O/c1-10(2)5-13-16-14(19-17-13)9-18-4-3-11-6-15-7-12(11)8-18/h10-12,15H,3-9H2,1-2H3. The van der Waals surface area contributed by atoms with Gasteiger partial charge in [-0.2, -0.15) is 4.98 Å². The number of piperidine rings is 1. The van der Waals surface area contributed by atoms with E-state index >= 15 is 0 Å². The Morgan fingerprint density at radius 1 is 1.37 bits per heavy atom. The van der Waals surface area contributed by atoms with Gasteiger partial charge >= 0.3 is 0 Å². The van der Waals surface area contributed by atoms with Crippen LogP contribution in [0.25, 0.3) is 0 Å². The zero-order valence-corrected chi connectivity index (χ0v) is 11.9. The Hall–Kier alpha value is -0.940. The highest BCUT2D eigenvalue weighted by atomic mass is 16.5. The summed E-state index contributed by atoms with van der Waals surface area (Å²) in [6.45, 7) is 9.86. The van der Waals surface area contributed by atoms with E-state index in [2.05, 4.69) is 34.2 Å². The number of nitrogens with zero attached hydrogens (tertiary/aromatic N) is 3. The molecule has 5 nitrogen and oxygen atoms in total. The van der Waals surface area contributed by atoms with Crippen molar-refractivity contribution in [2.24, 2.45) is 17.8 Å². The number of hydrogen-bond acceptors (Lipinski definition) is 5. The summed E-state index contributed by atoms with van der Waals surface area (Å²) in [5.41, 5.74) is 0. The first kappa shape index (κ1) is 13.1. The van der Waals surface area contributed by atoms with Crippen LogP contribution in [0.1, 0.15) is 32.0 Å². The molecule has 5 heteroatoms. The van der Waals surface area contributed by atoms with E-state index in [-0.39, 0.29) is 0 Å². The molecular weight excluding hydrogens is 240 g/mol. The van der Waals surface area contributed by atoms with Crippen LogP contribution in [-0.4, -0.2) is 41.2 Å². The van der Waals surface area contributed by atoms with Crippen molar-refractivity contribution < 1.29 is 4.52 Å². The van der Waals surface area contributed by atoms with Crippen molar-refractivity contribution in [1.82, 2.24) is 20.4 Å². The molecule has 0 bridgehead atoms. The van der Waals surface area contributed by atoms with Gasteiger partial charge in [0, 0.05) is 13.0 Å².